The normalized spacial score (nSPS) is 25.8. The molecule has 1 fully saturated rings. The second kappa shape index (κ2) is 7.42. The number of phenols is 1. The molecule has 2 aromatic carbocycles. The summed E-state index contributed by atoms with van der Waals surface area (Å²) >= 11 is 0. The fourth-order valence-electron chi connectivity index (χ4n) is 4.63. The van der Waals surface area contributed by atoms with Gasteiger partial charge in [-0.2, -0.15) is 5.26 Å². The molecule has 2 aromatic rings. The van der Waals surface area contributed by atoms with Crippen molar-refractivity contribution < 1.29 is 5.11 Å². The Morgan fingerprint density at radius 3 is 2.04 bits per heavy atom. The molecule has 1 saturated heterocycles. The van der Waals surface area contributed by atoms with Gasteiger partial charge in [-0.3, -0.25) is 4.90 Å². The summed E-state index contributed by atoms with van der Waals surface area (Å²) in [6, 6.07) is 17.9. The summed E-state index contributed by atoms with van der Waals surface area (Å²) in [6.07, 6.45) is 4.40. The zero-order chi connectivity index (χ0) is 19.6. The van der Waals surface area contributed by atoms with E-state index in [1.807, 2.05) is 24.3 Å². The van der Waals surface area contributed by atoms with Gasteiger partial charge in [-0.1, -0.05) is 43.3 Å². The summed E-state index contributed by atoms with van der Waals surface area (Å²) in [6.45, 7) is 9.48. The number of nitriles is 1. The molecule has 138 valence electrons. The standard InChI is InChI=1S/C24H26N2O/c1-5-22-17(4)26(7-3)24(23(22)6-2,20-12-14-21(27)15-13-20)19-10-8-18(16-25)9-11-19/h5-6,8-15,17,27H,7H2,1-4H3/b22-5-,23-6+. The first-order valence-corrected chi connectivity index (χ1v) is 9.44. The molecular weight excluding hydrogens is 332 g/mol. The van der Waals surface area contributed by atoms with Crippen molar-refractivity contribution in [2.45, 2.75) is 39.3 Å². The minimum atomic E-state index is -0.452. The summed E-state index contributed by atoms with van der Waals surface area (Å²) < 4.78 is 0. The molecule has 3 nitrogen and oxygen atoms in total. The molecular formula is C24H26N2O. The van der Waals surface area contributed by atoms with E-state index in [2.05, 4.69) is 62.9 Å². The van der Waals surface area contributed by atoms with Crippen molar-refractivity contribution >= 4 is 0 Å². The third-order valence-corrected chi connectivity index (χ3v) is 5.71. The van der Waals surface area contributed by atoms with Crippen molar-refractivity contribution in [3.8, 4) is 11.8 Å². The molecule has 0 spiro atoms. The van der Waals surface area contributed by atoms with Gasteiger partial charge in [0.15, 0.2) is 0 Å². The monoisotopic (exact) mass is 358 g/mol. The first-order valence-electron chi connectivity index (χ1n) is 9.44. The molecule has 2 atom stereocenters. The zero-order valence-electron chi connectivity index (χ0n) is 16.4. The lowest BCUT2D eigenvalue weighted by molar-refractivity contribution is 0.169. The van der Waals surface area contributed by atoms with Crippen LogP contribution in [0.25, 0.3) is 0 Å². The van der Waals surface area contributed by atoms with E-state index in [1.165, 1.54) is 11.1 Å². The van der Waals surface area contributed by atoms with Gasteiger partial charge in [0.1, 0.15) is 5.75 Å². The number of aromatic hydroxyl groups is 1. The summed E-state index contributed by atoms with van der Waals surface area (Å²) in [5, 5.41) is 19.1. The van der Waals surface area contributed by atoms with E-state index in [4.69, 9.17) is 0 Å². The zero-order valence-corrected chi connectivity index (χ0v) is 16.4. The summed E-state index contributed by atoms with van der Waals surface area (Å²) in [7, 11) is 0. The van der Waals surface area contributed by atoms with Crippen LogP contribution in [0.5, 0.6) is 5.75 Å². The molecule has 1 N–H and O–H groups in total. The highest BCUT2D eigenvalue weighted by molar-refractivity contribution is 5.60. The molecule has 1 aliphatic rings. The lowest BCUT2D eigenvalue weighted by Gasteiger charge is -2.41. The van der Waals surface area contributed by atoms with E-state index >= 15 is 0 Å². The van der Waals surface area contributed by atoms with Crippen molar-refractivity contribution in [2.24, 2.45) is 0 Å². The van der Waals surface area contributed by atoms with Gasteiger partial charge in [0.05, 0.1) is 17.2 Å². The highest BCUT2D eigenvalue weighted by Gasteiger charge is 2.52. The molecule has 3 heteroatoms. The number of allylic oxidation sites excluding steroid dienone is 2. The highest BCUT2D eigenvalue weighted by atomic mass is 16.3. The molecule has 2 unspecified atom stereocenters. The van der Waals surface area contributed by atoms with Crippen molar-refractivity contribution in [3.05, 3.63) is 88.5 Å². The quantitative estimate of drug-likeness (QED) is 0.828. The summed E-state index contributed by atoms with van der Waals surface area (Å²) in [5.41, 5.74) is 5.02. The maximum absolute atomic E-state index is 9.84. The van der Waals surface area contributed by atoms with Crippen LogP contribution in [0.1, 0.15) is 44.4 Å². The van der Waals surface area contributed by atoms with Crippen molar-refractivity contribution in [3.63, 3.8) is 0 Å². The highest BCUT2D eigenvalue weighted by Crippen LogP contribution is 2.53. The fourth-order valence-corrected chi connectivity index (χ4v) is 4.63. The maximum atomic E-state index is 9.84. The number of benzene rings is 2. The SMILES string of the molecule is C/C=C1\C(=C/C)C(c2ccc(O)cc2)(c2ccc(C#N)cc2)N(CC)C1C. The molecule has 0 aliphatic carbocycles. The average Bonchev–Trinajstić information content (AvgIpc) is 2.96. The Balaban J connectivity index is 2.39. The van der Waals surface area contributed by atoms with Crippen LogP contribution in [0.3, 0.4) is 0 Å². The predicted molar refractivity (Wildman–Crippen MR) is 109 cm³/mol. The Morgan fingerprint density at radius 1 is 1.04 bits per heavy atom. The minimum Gasteiger partial charge on any atom is -0.508 e. The van der Waals surface area contributed by atoms with E-state index < -0.39 is 5.54 Å². The number of phenolic OH excluding ortho intramolecular Hbond substituents is 1. The number of hydrogen-bond acceptors (Lipinski definition) is 3. The fraction of sp³-hybridized carbons (Fsp3) is 0.292. The third-order valence-electron chi connectivity index (χ3n) is 5.71. The van der Waals surface area contributed by atoms with Crippen LogP contribution in [0.15, 0.2) is 71.8 Å². The molecule has 1 heterocycles. The molecule has 0 aromatic heterocycles. The van der Waals surface area contributed by atoms with E-state index in [0.29, 0.717) is 5.56 Å². The third kappa shape index (κ3) is 2.78. The topological polar surface area (TPSA) is 47.3 Å². The van der Waals surface area contributed by atoms with Crippen LogP contribution in [0.2, 0.25) is 0 Å². The smallest absolute Gasteiger partial charge is 0.115 e. The van der Waals surface area contributed by atoms with E-state index in [9.17, 15) is 10.4 Å². The Kier molecular flexibility index (Phi) is 5.21. The Labute approximate surface area is 161 Å². The van der Waals surface area contributed by atoms with Gasteiger partial charge >= 0.3 is 0 Å². The van der Waals surface area contributed by atoms with Crippen molar-refractivity contribution in [1.29, 1.82) is 5.26 Å². The molecule has 3 rings (SSSR count). The summed E-state index contributed by atoms with van der Waals surface area (Å²) in [4.78, 5) is 2.49. The van der Waals surface area contributed by atoms with E-state index in [-0.39, 0.29) is 11.8 Å². The van der Waals surface area contributed by atoms with Crippen LogP contribution in [0, 0.1) is 11.3 Å². The first kappa shape index (κ1) is 18.9. The molecule has 0 saturated carbocycles. The van der Waals surface area contributed by atoms with Gasteiger partial charge in [0.25, 0.3) is 0 Å². The number of hydrogen-bond donors (Lipinski definition) is 1. The van der Waals surface area contributed by atoms with Crippen molar-refractivity contribution in [2.75, 3.05) is 6.54 Å². The van der Waals surface area contributed by atoms with E-state index in [1.54, 1.807) is 12.1 Å². The summed E-state index contributed by atoms with van der Waals surface area (Å²) in [5.74, 6) is 0.260. The van der Waals surface area contributed by atoms with Gasteiger partial charge in [0, 0.05) is 6.04 Å². The van der Waals surface area contributed by atoms with E-state index in [0.717, 1.165) is 17.7 Å². The molecule has 1 aliphatic heterocycles. The van der Waals surface area contributed by atoms with Crippen LogP contribution in [-0.2, 0) is 5.54 Å². The molecule has 0 amide bonds. The Bertz CT molecular complexity index is 916. The number of likely N-dealkylation sites (tertiary alicyclic amines) is 1. The van der Waals surface area contributed by atoms with Crippen LogP contribution in [0.4, 0.5) is 0 Å². The van der Waals surface area contributed by atoms with Gasteiger partial charge < -0.3 is 5.11 Å². The van der Waals surface area contributed by atoms with Crippen LogP contribution in [-0.4, -0.2) is 22.6 Å². The molecule has 0 radical (unpaired) electrons. The minimum absolute atomic E-state index is 0.260. The first-order chi connectivity index (χ1) is 13.0. The molecule has 0 bridgehead atoms. The average molecular weight is 358 g/mol. The van der Waals surface area contributed by atoms with Gasteiger partial charge in [-0.15, -0.1) is 0 Å². The Morgan fingerprint density at radius 2 is 1.59 bits per heavy atom. The van der Waals surface area contributed by atoms with Gasteiger partial charge in [-0.25, -0.2) is 0 Å². The van der Waals surface area contributed by atoms with Gasteiger partial charge in [-0.05, 0) is 73.9 Å². The van der Waals surface area contributed by atoms with Crippen LogP contribution < -0.4 is 0 Å². The number of likely N-dealkylation sites (N-methyl/N-ethyl adjacent to an activating group) is 1. The second-order valence-electron chi connectivity index (χ2n) is 6.85. The second-order valence-corrected chi connectivity index (χ2v) is 6.85. The lowest BCUT2D eigenvalue weighted by atomic mass is 9.75. The number of rotatable bonds is 3. The maximum Gasteiger partial charge on any atom is 0.115 e. The van der Waals surface area contributed by atoms with Crippen molar-refractivity contribution in [1.82, 2.24) is 4.90 Å². The number of nitrogens with zero attached hydrogens (tertiary/aromatic N) is 2. The predicted octanol–water partition coefficient (Wildman–Crippen LogP) is 5.12. The largest absolute Gasteiger partial charge is 0.508 e. The van der Waals surface area contributed by atoms with Gasteiger partial charge in [0.2, 0.25) is 0 Å². The van der Waals surface area contributed by atoms with Crippen LogP contribution >= 0.6 is 0 Å². The molecule has 27 heavy (non-hydrogen) atoms. The lowest BCUT2D eigenvalue weighted by Crippen LogP contribution is -2.45. The Hall–Kier alpha value is -2.83.